The molecule has 0 aromatic heterocycles. The molecule has 0 aliphatic heterocycles. The number of nitrogens with one attached hydrogen (secondary N) is 2. The van der Waals surface area contributed by atoms with Crippen molar-refractivity contribution in [3.05, 3.63) is 64.7 Å². The zero-order chi connectivity index (χ0) is 17.6. The molecule has 0 atom stereocenters. The predicted octanol–water partition coefficient (Wildman–Crippen LogP) is 3.49. The third-order valence-electron chi connectivity index (χ3n) is 4.61. The van der Waals surface area contributed by atoms with Crippen LogP contribution in [0.1, 0.15) is 52.2 Å². The Kier molecular flexibility index (Phi) is 5.71. The van der Waals surface area contributed by atoms with Crippen LogP contribution in [0.4, 0.5) is 0 Å². The van der Waals surface area contributed by atoms with Crippen molar-refractivity contribution < 1.29 is 9.90 Å². The molecule has 4 nitrogen and oxygen atoms in total. The van der Waals surface area contributed by atoms with Crippen molar-refractivity contribution >= 4 is 5.91 Å². The van der Waals surface area contributed by atoms with E-state index in [1.165, 1.54) is 35.6 Å². The zero-order valence-electron chi connectivity index (χ0n) is 14.7. The Morgan fingerprint density at radius 1 is 1.16 bits per heavy atom. The number of aryl methyl sites for hydroxylation is 1. The number of carbonyl (C=O) groups is 1. The van der Waals surface area contributed by atoms with Crippen LogP contribution in [0.2, 0.25) is 0 Å². The number of carbonyl (C=O) groups excluding carboxylic acids is 1. The lowest BCUT2D eigenvalue weighted by atomic mass is 10.0. The first-order chi connectivity index (χ1) is 12.1. The van der Waals surface area contributed by atoms with Gasteiger partial charge in [-0.1, -0.05) is 24.3 Å². The molecule has 0 radical (unpaired) electrons. The van der Waals surface area contributed by atoms with Gasteiger partial charge in [0.15, 0.2) is 0 Å². The SMILES string of the molecule is Cc1ccc(CNCCCNC(=O)c2cccc(O)c2)cc1C1CC1. The average Bonchev–Trinajstić information content (AvgIpc) is 3.44. The standard InChI is InChI=1S/C21H26N2O2/c1-15-6-7-16(12-20(15)17-8-9-17)14-22-10-3-11-23-21(25)18-4-2-5-19(24)13-18/h2,4-7,12-13,17,22,24H,3,8-11,14H2,1H3,(H,23,25). The lowest BCUT2D eigenvalue weighted by Crippen LogP contribution is -2.27. The van der Waals surface area contributed by atoms with Crippen molar-refractivity contribution in [2.75, 3.05) is 13.1 Å². The molecule has 25 heavy (non-hydrogen) atoms. The molecule has 1 aliphatic rings. The van der Waals surface area contributed by atoms with Gasteiger partial charge < -0.3 is 15.7 Å². The van der Waals surface area contributed by atoms with E-state index in [2.05, 4.69) is 35.8 Å². The summed E-state index contributed by atoms with van der Waals surface area (Å²) in [5, 5.41) is 15.7. The average molecular weight is 338 g/mol. The summed E-state index contributed by atoms with van der Waals surface area (Å²) in [6, 6.07) is 13.1. The summed E-state index contributed by atoms with van der Waals surface area (Å²) in [7, 11) is 0. The van der Waals surface area contributed by atoms with E-state index in [0.717, 1.165) is 25.4 Å². The van der Waals surface area contributed by atoms with E-state index in [4.69, 9.17) is 0 Å². The Morgan fingerprint density at radius 2 is 2.00 bits per heavy atom. The van der Waals surface area contributed by atoms with Gasteiger partial charge in [0.25, 0.3) is 5.91 Å². The first kappa shape index (κ1) is 17.5. The maximum atomic E-state index is 11.9. The van der Waals surface area contributed by atoms with Gasteiger partial charge >= 0.3 is 0 Å². The van der Waals surface area contributed by atoms with E-state index in [-0.39, 0.29) is 11.7 Å². The minimum absolute atomic E-state index is 0.109. The Bertz CT molecular complexity index is 738. The summed E-state index contributed by atoms with van der Waals surface area (Å²) in [5.74, 6) is 0.745. The second-order valence-corrected chi connectivity index (χ2v) is 6.80. The normalized spacial score (nSPS) is 13.6. The fourth-order valence-corrected chi connectivity index (χ4v) is 3.03. The molecular formula is C21H26N2O2. The summed E-state index contributed by atoms with van der Waals surface area (Å²) >= 11 is 0. The molecule has 3 N–H and O–H groups in total. The first-order valence-electron chi connectivity index (χ1n) is 9.01. The van der Waals surface area contributed by atoms with E-state index >= 15 is 0 Å². The first-order valence-corrected chi connectivity index (χ1v) is 9.01. The highest BCUT2D eigenvalue weighted by Crippen LogP contribution is 2.41. The Morgan fingerprint density at radius 3 is 2.76 bits per heavy atom. The Hall–Kier alpha value is -2.33. The molecule has 0 saturated heterocycles. The van der Waals surface area contributed by atoms with E-state index in [0.29, 0.717) is 12.1 Å². The van der Waals surface area contributed by atoms with Crippen LogP contribution in [0.15, 0.2) is 42.5 Å². The second kappa shape index (κ2) is 8.17. The van der Waals surface area contributed by atoms with Gasteiger partial charge in [-0.3, -0.25) is 4.79 Å². The third kappa shape index (κ3) is 5.07. The molecule has 1 amide bonds. The summed E-state index contributed by atoms with van der Waals surface area (Å²) < 4.78 is 0. The van der Waals surface area contributed by atoms with Crippen molar-refractivity contribution in [2.45, 2.75) is 38.6 Å². The second-order valence-electron chi connectivity index (χ2n) is 6.80. The number of rotatable bonds is 8. The van der Waals surface area contributed by atoms with Gasteiger partial charge in [0, 0.05) is 18.7 Å². The van der Waals surface area contributed by atoms with Crippen LogP contribution in [0, 0.1) is 6.92 Å². The van der Waals surface area contributed by atoms with Crippen molar-refractivity contribution in [2.24, 2.45) is 0 Å². The lowest BCUT2D eigenvalue weighted by Gasteiger charge is -2.10. The number of phenols is 1. The van der Waals surface area contributed by atoms with Gasteiger partial charge in [-0.05, 0) is 73.5 Å². The van der Waals surface area contributed by atoms with Crippen LogP contribution >= 0.6 is 0 Å². The fraction of sp³-hybridized carbons (Fsp3) is 0.381. The molecule has 0 bridgehead atoms. The molecule has 0 heterocycles. The summed E-state index contributed by atoms with van der Waals surface area (Å²) in [6.07, 6.45) is 3.53. The van der Waals surface area contributed by atoms with Gasteiger partial charge in [-0.15, -0.1) is 0 Å². The molecule has 1 aliphatic carbocycles. The highest BCUT2D eigenvalue weighted by molar-refractivity contribution is 5.94. The Balaban J connectivity index is 1.35. The monoisotopic (exact) mass is 338 g/mol. The van der Waals surface area contributed by atoms with Crippen molar-refractivity contribution in [3.63, 3.8) is 0 Å². The summed E-state index contributed by atoms with van der Waals surface area (Å²) in [5.41, 5.74) is 4.73. The van der Waals surface area contributed by atoms with Crippen LogP contribution in [0.25, 0.3) is 0 Å². The predicted molar refractivity (Wildman–Crippen MR) is 99.9 cm³/mol. The number of hydrogen-bond donors (Lipinski definition) is 3. The smallest absolute Gasteiger partial charge is 0.251 e. The van der Waals surface area contributed by atoms with Gasteiger partial charge in [0.2, 0.25) is 0 Å². The summed E-state index contributed by atoms with van der Waals surface area (Å²) in [6.45, 7) is 4.52. The largest absolute Gasteiger partial charge is 0.508 e. The molecule has 0 unspecified atom stereocenters. The highest BCUT2D eigenvalue weighted by atomic mass is 16.3. The van der Waals surface area contributed by atoms with Gasteiger partial charge in [-0.25, -0.2) is 0 Å². The van der Waals surface area contributed by atoms with Gasteiger partial charge in [-0.2, -0.15) is 0 Å². The lowest BCUT2D eigenvalue weighted by molar-refractivity contribution is 0.0953. The van der Waals surface area contributed by atoms with Crippen LogP contribution in [0.3, 0.4) is 0 Å². The van der Waals surface area contributed by atoms with Gasteiger partial charge in [0.05, 0.1) is 0 Å². The van der Waals surface area contributed by atoms with E-state index < -0.39 is 0 Å². The maximum absolute atomic E-state index is 11.9. The molecule has 0 spiro atoms. The molecule has 132 valence electrons. The van der Waals surface area contributed by atoms with Crippen molar-refractivity contribution in [3.8, 4) is 5.75 Å². The zero-order valence-corrected chi connectivity index (χ0v) is 14.7. The Labute approximate surface area is 149 Å². The quantitative estimate of drug-likeness (QED) is 0.646. The van der Waals surface area contributed by atoms with E-state index in [1.807, 2.05) is 0 Å². The topological polar surface area (TPSA) is 61.4 Å². The number of benzene rings is 2. The van der Waals surface area contributed by atoms with Gasteiger partial charge in [0.1, 0.15) is 5.75 Å². The molecular weight excluding hydrogens is 312 g/mol. The van der Waals surface area contributed by atoms with Crippen LogP contribution in [-0.2, 0) is 6.54 Å². The molecule has 1 fully saturated rings. The third-order valence-corrected chi connectivity index (χ3v) is 4.61. The number of aromatic hydroxyl groups is 1. The van der Waals surface area contributed by atoms with E-state index in [9.17, 15) is 9.90 Å². The number of phenolic OH excluding ortho intramolecular Hbond substituents is 1. The van der Waals surface area contributed by atoms with Crippen LogP contribution < -0.4 is 10.6 Å². The fourth-order valence-electron chi connectivity index (χ4n) is 3.03. The molecule has 4 heteroatoms. The van der Waals surface area contributed by atoms with Crippen LogP contribution in [-0.4, -0.2) is 24.1 Å². The molecule has 2 aromatic carbocycles. The van der Waals surface area contributed by atoms with Crippen molar-refractivity contribution in [1.82, 2.24) is 10.6 Å². The number of amides is 1. The molecule has 2 aromatic rings. The van der Waals surface area contributed by atoms with Crippen molar-refractivity contribution in [1.29, 1.82) is 0 Å². The molecule has 1 saturated carbocycles. The minimum atomic E-state index is -0.150. The highest BCUT2D eigenvalue weighted by Gasteiger charge is 2.24. The van der Waals surface area contributed by atoms with E-state index in [1.54, 1.807) is 18.2 Å². The minimum Gasteiger partial charge on any atom is -0.508 e. The molecule has 3 rings (SSSR count). The maximum Gasteiger partial charge on any atom is 0.251 e. The number of hydrogen-bond acceptors (Lipinski definition) is 3. The summed E-state index contributed by atoms with van der Waals surface area (Å²) in [4.78, 5) is 11.9. The van der Waals surface area contributed by atoms with Crippen LogP contribution in [0.5, 0.6) is 5.75 Å².